The van der Waals surface area contributed by atoms with Crippen molar-refractivity contribution in [1.82, 2.24) is 9.97 Å². The lowest BCUT2D eigenvalue weighted by Gasteiger charge is -1.97. The number of hydrogen-bond donors (Lipinski definition) is 0. The van der Waals surface area contributed by atoms with Gasteiger partial charge in [0, 0.05) is 10.3 Å². The molecule has 0 aromatic carbocycles. The molecule has 0 spiro atoms. The molecule has 0 fully saturated rings. The maximum absolute atomic E-state index is 6.11. The van der Waals surface area contributed by atoms with E-state index in [1.807, 2.05) is 19.1 Å². The molecule has 5 heteroatoms. The highest BCUT2D eigenvalue weighted by Gasteiger charge is 2.11. The van der Waals surface area contributed by atoms with Gasteiger partial charge in [0.15, 0.2) is 11.6 Å². The molecule has 3 rings (SSSR count). The molecule has 0 N–H and O–H groups in total. The van der Waals surface area contributed by atoms with Crippen LogP contribution in [0.3, 0.4) is 0 Å². The lowest BCUT2D eigenvalue weighted by atomic mass is 10.3. The second-order valence-corrected chi connectivity index (χ2v) is 4.98. The number of furan rings is 1. The fourth-order valence-corrected chi connectivity index (χ4v) is 2.68. The van der Waals surface area contributed by atoms with E-state index in [1.165, 1.54) is 4.88 Å². The van der Waals surface area contributed by atoms with E-state index in [0.29, 0.717) is 16.7 Å². The molecule has 16 heavy (non-hydrogen) atoms. The number of thiophene rings is 1. The van der Waals surface area contributed by atoms with Crippen LogP contribution in [-0.2, 0) is 0 Å². The largest absolute Gasteiger partial charge is 0.461 e. The normalized spacial score (nSPS) is 11.1. The molecule has 0 aliphatic rings. The first-order valence-corrected chi connectivity index (χ1v) is 5.91. The maximum atomic E-state index is 6.11. The first-order valence-electron chi connectivity index (χ1n) is 4.71. The van der Waals surface area contributed by atoms with Gasteiger partial charge < -0.3 is 4.42 Å². The molecule has 3 heterocycles. The lowest BCUT2D eigenvalue weighted by molar-refractivity contribution is 0.577. The highest BCUT2D eigenvalue weighted by Crippen LogP contribution is 2.30. The van der Waals surface area contributed by atoms with Gasteiger partial charge in [-0.05, 0) is 25.1 Å². The van der Waals surface area contributed by atoms with Gasteiger partial charge in [-0.15, -0.1) is 11.3 Å². The van der Waals surface area contributed by atoms with Gasteiger partial charge in [0.1, 0.15) is 9.98 Å². The highest BCUT2D eigenvalue weighted by molar-refractivity contribution is 7.18. The van der Waals surface area contributed by atoms with Crippen molar-refractivity contribution < 1.29 is 4.42 Å². The summed E-state index contributed by atoms with van der Waals surface area (Å²) in [7, 11) is 0. The van der Waals surface area contributed by atoms with Gasteiger partial charge in [-0.3, -0.25) is 0 Å². The van der Waals surface area contributed by atoms with Gasteiger partial charge >= 0.3 is 0 Å². The molecule has 0 saturated carbocycles. The number of aryl methyl sites for hydroxylation is 1. The van der Waals surface area contributed by atoms with Gasteiger partial charge in [0.05, 0.1) is 6.26 Å². The molecule has 80 valence electrons. The van der Waals surface area contributed by atoms with Crippen LogP contribution in [0.1, 0.15) is 4.88 Å². The van der Waals surface area contributed by atoms with E-state index in [0.717, 1.165) is 10.2 Å². The van der Waals surface area contributed by atoms with Crippen LogP contribution in [0.5, 0.6) is 0 Å². The third kappa shape index (κ3) is 1.50. The molecule has 0 aliphatic carbocycles. The Hall–Kier alpha value is -1.39. The Balaban J connectivity index is 2.28. The Morgan fingerprint density at radius 1 is 1.38 bits per heavy atom. The summed E-state index contributed by atoms with van der Waals surface area (Å²) < 4.78 is 5.25. The van der Waals surface area contributed by atoms with Gasteiger partial charge in [-0.1, -0.05) is 11.6 Å². The summed E-state index contributed by atoms with van der Waals surface area (Å²) in [6, 6.07) is 5.61. The van der Waals surface area contributed by atoms with Crippen molar-refractivity contribution in [2.45, 2.75) is 6.92 Å². The second kappa shape index (κ2) is 3.57. The molecule has 3 aromatic rings. The van der Waals surface area contributed by atoms with Crippen molar-refractivity contribution in [3.63, 3.8) is 0 Å². The molecule has 0 unspecified atom stereocenters. The van der Waals surface area contributed by atoms with Crippen LogP contribution < -0.4 is 0 Å². The van der Waals surface area contributed by atoms with Crippen molar-refractivity contribution in [3.8, 4) is 11.6 Å². The molecule has 3 aromatic heterocycles. The van der Waals surface area contributed by atoms with E-state index in [-0.39, 0.29) is 0 Å². The Kier molecular flexibility index (Phi) is 2.19. The predicted molar refractivity (Wildman–Crippen MR) is 64.9 cm³/mol. The fraction of sp³-hybridized carbons (Fsp3) is 0.0909. The van der Waals surface area contributed by atoms with E-state index in [2.05, 4.69) is 9.97 Å². The average Bonchev–Trinajstić information content (AvgIpc) is 2.84. The van der Waals surface area contributed by atoms with Gasteiger partial charge in [0.2, 0.25) is 0 Å². The van der Waals surface area contributed by atoms with Crippen LogP contribution in [0.15, 0.2) is 28.9 Å². The SMILES string of the molecule is Cc1cc2c(Cl)nc(-c3ccco3)nc2s1. The summed E-state index contributed by atoms with van der Waals surface area (Å²) in [5, 5.41) is 1.38. The molecule has 0 aliphatic heterocycles. The standard InChI is InChI=1S/C11H7ClN2OS/c1-6-5-7-9(12)13-10(14-11(7)16-6)8-3-2-4-15-8/h2-5H,1H3. The third-order valence-electron chi connectivity index (χ3n) is 2.21. The lowest BCUT2D eigenvalue weighted by Crippen LogP contribution is -1.87. The zero-order chi connectivity index (χ0) is 11.1. The van der Waals surface area contributed by atoms with E-state index in [1.54, 1.807) is 23.7 Å². The summed E-state index contributed by atoms with van der Waals surface area (Å²) in [5.41, 5.74) is 0. The van der Waals surface area contributed by atoms with Crippen molar-refractivity contribution in [2.24, 2.45) is 0 Å². The summed E-state index contributed by atoms with van der Waals surface area (Å²) in [6.07, 6.45) is 1.59. The number of hydrogen-bond acceptors (Lipinski definition) is 4. The highest BCUT2D eigenvalue weighted by atomic mass is 35.5. The molecule has 0 atom stereocenters. The summed E-state index contributed by atoms with van der Waals surface area (Å²) in [6.45, 7) is 2.02. The average molecular weight is 251 g/mol. The molecule has 0 radical (unpaired) electrons. The van der Waals surface area contributed by atoms with Crippen LogP contribution in [-0.4, -0.2) is 9.97 Å². The Labute approximate surface area is 101 Å². The molecular formula is C11H7ClN2OS. The summed E-state index contributed by atoms with van der Waals surface area (Å²) >= 11 is 7.71. The minimum atomic E-state index is 0.473. The number of fused-ring (bicyclic) bond motifs is 1. The van der Waals surface area contributed by atoms with Crippen LogP contribution in [0, 0.1) is 6.92 Å². The summed E-state index contributed by atoms with van der Waals surface area (Å²) in [4.78, 5) is 10.7. The Morgan fingerprint density at radius 3 is 3.00 bits per heavy atom. The quantitative estimate of drug-likeness (QED) is 0.615. The van der Waals surface area contributed by atoms with E-state index in [9.17, 15) is 0 Å². The fourth-order valence-electron chi connectivity index (χ4n) is 1.52. The molecule has 0 saturated heterocycles. The molecule has 3 nitrogen and oxygen atoms in total. The van der Waals surface area contributed by atoms with Crippen LogP contribution >= 0.6 is 22.9 Å². The maximum Gasteiger partial charge on any atom is 0.198 e. The summed E-state index contributed by atoms with van der Waals surface area (Å²) in [5.74, 6) is 1.17. The van der Waals surface area contributed by atoms with Crippen LogP contribution in [0.2, 0.25) is 5.15 Å². The predicted octanol–water partition coefficient (Wildman–Crippen LogP) is 3.91. The number of rotatable bonds is 1. The smallest absolute Gasteiger partial charge is 0.198 e. The zero-order valence-corrected chi connectivity index (χ0v) is 9.97. The number of aromatic nitrogens is 2. The van der Waals surface area contributed by atoms with Crippen molar-refractivity contribution in [2.75, 3.05) is 0 Å². The Bertz CT molecular complexity index is 645. The van der Waals surface area contributed by atoms with E-state index < -0.39 is 0 Å². The van der Waals surface area contributed by atoms with E-state index in [4.69, 9.17) is 16.0 Å². The first-order chi connectivity index (χ1) is 7.74. The van der Waals surface area contributed by atoms with E-state index >= 15 is 0 Å². The minimum Gasteiger partial charge on any atom is -0.461 e. The van der Waals surface area contributed by atoms with Crippen molar-refractivity contribution in [3.05, 3.63) is 34.5 Å². The van der Waals surface area contributed by atoms with Crippen molar-refractivity contribution >= 4 is 33.2 Å². The first kappa shape index (κ1) is 9.81. The van der Waals surface area contributed by atoms with Gasteiger partial charge in [-0.25, -0.2) is 9.97 Å². The minimum absolute atomic E-state index is 0.473. The Morgan fingerprint density at radius 2 is 2.25 bits per heavy atom. The topological polar surface area (TPSA) is 38.9 Å². The van der Waals surface area contributed by atoms with Gasteiger partial charge in [-0.2, -0.15) is 0 Å². The molecule has 0 bridgehead atoms. The zero-order valence-electron chi connectivity index (χ0n) is 8.40. The van der Waals surface area contributed by atoms with Crippen LogP contribution in [0.25, 0.3) is 21.8 Å². The molecule has 0 amide bonds. The molecular weight excluding hydrogens is 244 g/mol. The third-order valence-corrected chi connectivity index (χ3v) is 3.44. The number of nitrogens with zero attached hydrogens (tertiary/aromatic N) is 2. The monoisotopic (exact) mass is 250 g/mol. The number of halogens is 1. The van der Waals surface area contributed by atoms with Crippen LogP contribution in [0.4, 0.5) is 0 Å². The second-order valence-electron chi connectivity index (χ2n) is 3.39. The van der Waals surface area contributed by atoms with Crippen molar-refractivity contribution in [1.29, 1.82) is 0 Å². The van der Waals surface area contributed by atoms with Gasteiger partial charge in [0.25, 0.3) is 0 Å².